The molecule has 18 heavy (non-hydrogen) atoms. The molecular formula is C12H8F4OS. The SMILES string of the molecule is CC(=O)SCC#Cc1cccc(F)c1C(F)(F)F. The first-order valence-electron chi connectivity index (χ1n) is 4.80. The monoisotopic (exact) mass is 276 g/mol. The van der Waals surface area contributed by atoms with Crippen molar-refractivity contribution in [3.8, 4) is 11.8 Å². The summed E-state index contributed by atoms with van der Waals surface area (Å²) in [5, 5.41) is -0.181. The van der Waals surface area contributed by atoms with Crippen LogP contribution in [0.4, 0.5) is 17.6 Å². The van der Waals surface area contributed by atoms with Crippen LogP contribution in [-0.2, 0) is 11.0 Å². The van der Waals surface area contributed by atoms with Crippen LogP contribution in [0.2, 0.25) is 0 Å². The molecule has 96 valence electrons. The maximum atomic E-state index is 13.1. The first kappa shape index (κ1) is 14.6. The minimum Gasteiger partial charge on any atom is -0.288 e. The highest BCUT2D eigenvalue weighted by Crippen LogP contribution is 2.33. The molecule has 0 aliphatic rings. The Bertz CT molecular complexity index is 511. The molecule has 1 rings (SSSR count). The molecule has 0 bridgehead atoms. The number of carbonyl (C=O) groups is 1. The summed E-state index contributed by atoms with van der Waals surface area (Å²) in [6, 6.07) is 2.99. The summed E-state index contributed by atoms with van der Waals surface area (Å²) in [5.41, 5.74) is -1.79. The fourth-order valence-corrected chi connectivity index (χ4v) is 1.53. The summed E-state index contributed by atoms with van der Waals surface area (Å²) in [6.07, 6.45) is -4.79. The standard InChI is InChI=1S/C12H8F4OS/c1-8(17)18-7-3-5-9-4-2-6-10(13)11(9)12(14,15)16/h2,4,6H,7H2,1H3. The van der Waals surface area contributed by atoms with E-state index in [-0.39, 0.29) is 10.9 Å². The van der Waals surface area contributed by atoms with Gasteiger partial charge < -0.3 is 0 Å². The zero-order valence-electron chi connectivity index (χ0n) is 9.27. The minimum atomic E-state index is -4.79. The molecule has 1 aromatic carbocycles. The Balaban J connectivity index is 3.03. The number of halogens is 4. The van der Waals surface area contributed by atoms with Crippen LogP contribution in [0.5, 0.6) is 0 Å². The van der Waals surface area contributed by atoms with Crippen LogP contribution in [-0.4, -0.2) is 10.9 Å². The fraction of sp³-hybridized carbons (Fsp3) is 0.250. The van der Waals surface area contributed by atoms with Gasteiger partial charge in [-0.25, -0.2) is 4.39 Å². The Morgan fingerprint density at radius 2 is 2.06 bits per heavy atom. The average Bonchev–Trinajstić information content (AvgIpc) is 2.22. The van der Waals surface area contributed by atoms with Gasteiger partial charge in [-0.1, -0.05) is 29.7 Å². The van der Waals surface area contributed by atoms with Gasteiger partial charge >= 0.3 is 6.18 Å². The first-order valence-corrected chi connectivity index (χ1v) is 5.79. The molecule has 0 saturated carbocycles. The van der Waals surface area contributed by atoms with Gasteiger partial charge in [-0.2, -0.15) is 13.2 Å². The molecule has 0 atom stereocenters. The molecule has 0 unspecified atom stereocenters. The van der Waals surface area contributed by atoms with E-state index in [0.29, 0.717) is 0 Å². The van der Waals surface area contributed by atoms with Crippen LogP contribution in [0, 0.1) is 17.7 Å². The van der Waals surface area contributed by atoms with E-state index in [1.165, 1.54) is 6.92 Å². The molecule has 0 spiro atoms. The lowest BCUT2D eigenvalue weighted by atomic mass is 10.1. The van der Waals surface area contributed by atoms with Crippen LogP contribution in [0.1, 0.15) is 18.1 Å². The molecule has 0 heterocycles. The van der Waals surface area contributed by atoms with Gasteiger partial charge in [0, 0.05) is 12.5 Å². The Morgan fingerprint density at radius 3 is 2.61 bits per heavy atom. The highest BCUT2D eigenvalue weighted by Gasteiger charge is 2.36. The summed E-state index contributed by atoms with van der Waals surface area (Å²) in [7, 11) is 0. The van der Waals surface area contributed by atoms with E-state index < -0.39 is 23.1 Å². The summed E-state index contributed by atoms with van der Waals surface area (Å²) < 4.78 is 50.9. The van der Waals surface area contributed by atoms with Gasteiger partial charge in [0.25, 0.3) is 0 Å². The van der Waals surface area contributed by atoms with Crippen molar-refractivity contribution in [1.29, 1.82) is 0 Å². The molecule has 0 N–H and O–H groups in total. The second kappa shape index (κ2) is 5.91. The second-order valence-electron chi connectivity index (χ2n) is 3.24. The Labute approximate surface area is 106 Å². The molecule has 0 radical (unpaired) electrons. The van der Waals surface area contributed by atoms with Gasteiger partial charge in [0.2, 0.25) is 0 Å². The lowest BCUT2D eigenvalue weighted by Crippen LogP contribution is -2.10. The zero-order valence-corrected chi connectivity index (χ0v) is 10.1. The van der Waals surface area contributed by atoms with Crippen LogP contribution in [0.25, 0.3) is 0 Å². The molecule has 0 saturated heterocycles. The smallest absolute Gasteiger partial charge is 0.288 e. The van der Waals surface area contributed by atoms with E-state index in [4.69, 9.17) is 0 Å². The van der Waals surface area contributed by atoms with Crippen LogP contribution < -0.4 is 0 Å². The number of rotatable bonds is 1. The largest absolute Gasteiger partial charge is 0.420 e. The van der Waals surface area contributed by atoms with Gasteiger partial charge in [-0.3, -0.25) is 4.79 Å². The molecule has 0 aromatic heterocycles. The van der Waals surface area contributed by atoms with E-state index in [1.807, 2.05) is 0 Å². The summed E-state index contributed by atoms with van der Waals surface area (Å²) in [6.45, 7) is 1.33. The van der Waals surface area contributed by atoms with E-state index >= 15 is 0 Å². The molecular weight excluding hydrogens is 268 g/mol. The van der Waals surface area contributed by atoms with E-state index in [0.717, 1.165) is 30.0 Å². The number of alkyl halides is 3. The van der Waals surface area contributed by atoms with E-state index in [9.17, 15) is 22.4 Å². The van der Waals surface area contributed by atoms with Crippen molar-refractivity contribution in [3.63, 3.8) is 0 Å². The molecule has 0 amide bonds. The Hall–Kier alpha value is -1.48. The Morgan fingerprint density at radius 1 is 1.39 bits per heavy atom. The quantitative estimate of drug-likeness (QED) is 0.577. The summed E-state index contributed by atoms with van der Waals surface area (Å²) in [5.74, 6) is 3.35. The van der Waals surface area contributed by atoms with E-state index in [2.05, 4.69) is 11.8 Å². The number of benzene rings is 1. The van der Waals surface area contributed by atoms with Crippen molar-refractivity contribution in [1.82, 2.24) is 0 Å². The highest BCUT2D eigenvalue weighted by molar-refractivity contribution is 8.13. The number of carbonyl (C=O) groups excluding carboxylic acids is 1. The van der Waals surface area contributed by atoms with Gasteiger partial charge in [0.05, 0.1) is 5.75 Å². The van der Waals surface area contributed by atoms with Crippen molar-refractivity contribution in [3.05, 3.63) is 35.1 Å². The van der Waals surface area contributed by atoms with E-state index in [1.54, 1.807) is 0 Å². The third-order valence-corrected chi connectivity index (χ3v) is 2.56. The predicted molar refractivity (Wildman–Crippen MR) is 61.4 cm³/mol. The van der Waals surface area contributed by atoms with Crippen LogP contribution in [0.3, 0.4) is 0 Å². The third-order valence-electron chi connectivity index (χ3n) is 1.87. The lowest BCUT2D eigenvalue weighted by Gasteiger charge is -2.09. The van der Waals surface area contributed by atoms with Crippen molar-refractivity contribution in [2.45, 2.75) is 13.1 Å². The third kappa shape index (κ3) is 4.08. The van der Waals surface area contributed by atoms with Gasteiger partial charge in [0.15, 0.2) is 5.12 Å². The summed E-state index contributed by atoms with van der Waals surface area (Å²) in [4.78, 5) is 10.6. The molecule has 1 aromatic rings. The molecule has 0 aliphatic carbocycles. The molecule has 6 heteroatoms. The molecule has 0 aliphatic heterocycles. The minimum absolute atomic E-state index is 0.0726. The molecule has 1 nitrogen and oxygen atoms in total. The number of hydrogen-bond acceptors (Lipinski definition) is 2. The van der Waals surface area contributed by atoms with Gasteiger partial charge in [0.1, 0.15) is 11.4 Å². The van der Waals surface area contributed by atoms with Crippen molar-refractivity contribution < 1.29 is 22.4 Å². The summed E-state index contributed by atoms with van der Waals surface area (Å²) >= 11 is 0.881. The predicted octanol–water partition coefficient (Wildman–Crippen LogP) is 3.48. The van der Waals surface area contributed by atoms with Crippen molar-refractivity contribution >= 4 is 16.9 Å². The zero-order chi connectivity index (χ0) is 13.8. The van der Waals surface area contributed by atoms with Crippen molar-refractivity contribution in [2.24, 2.45) is 0 Å². The fourth-order valence-electron chi connectivity index (χ4n) is 1.19. The van der Waals surface area contributed by atoms with Gasteiger partial charge in [-0.15, -0.1) is 0 Å². The molecule has 0 fully saturated rings. The van der Waals surface area contributed by atoms with Crippen molar-refractivity contribution in [2.75, 3.05) is 5.75 Å². The topological polar surface area (TPSA) is 17.1 Å². The maximum absolute atomic E-state index is 13.1. The highest BCUT2D eigenvalue weighted by atomic mass is 32.2. The first-order chi connectivity index (χ1) is 8.32. The lowest BCUT2D eigenvalue weighted by molar-refractivity contribution is -0.140. The maximum Gasteiger partial charge on any atom is 0.420 e. The van der Waals surface area contributed by atoms with Gasteiger partial charge in [-0.05, 0) is 12.1 Å². The number of hydrogen-bond donors (Lipinski definition) is 0. The average molecular weight is 276 g/mol. The van der Waals surface area contributed by atoms with Crippen LogP contribution >= 0.6 is 11.8 Å². The normalized spacial score (nSPS) is 10.7. The number of thioether (sulfide) groups is 1. The Kier molecular flexibility index (Phi) is 4.79. The second-order valence-corrected chi connectivity index (χ2v) is 4.39. The van der Waals surface area contributed by atoms with Crippen LogP contribution in [0.15, 0.2) is 18.2 Å².